The second kappa shape index (κ2) is 11.2. The van der Waals surface area contributed by atoms with E-state index >= 15 is 0 Å². The summed E-state index contributed by atoms with van der Waals surface area (Å²) in [6.45, 7) is 7.98. The van der Waals surface area contributed by atoms with Gasteiger partial charge in [-0.05, 0) is 25.8 Å². The second-order valence-corrected chi connectivity index (χ2v) is 6.84. The standard InChI is InChI=1S/C20H33N3O3/c1-4-21-20(23(3)13-17-10-11-25-14-17)22-12-19(24)15-26-16(2)18-8-6-5-7-9-18/h5-9,16-17,19,24H,4,10-15H2,1-3H3,(H,21,22). The molecule has 6 heteroatoms. The zero-order valence-electron chi connectivity index (χ0n) is 16.2. The third-order valence-electron chi connectivity index (χ3n) is 4.51. The van der Waals surface area contributed by atoms with Gasteiger partial charge in [0.25, 0.3) is 0 Å². The Kier molecular flexibility index (Phi) is 8.88. The number of rotatable bonds is 9. The van der Waals surface area contributed by atoms with Crippen LogP contribution in [-0.4, -0.2) is 68.6 Å². The number of hydrogen-bond acceptors (Lipinski definition) is 4. The van der Waals surface area contributed by atoms with Crippen LogP contribution in [0, 0.1) is 5.92 Å². The van der Waals surface area contributed by atoms with Gasteiger partial charge in [-0.1, -0.05) is 30.3 Å². The van der Waals surface area contributed by atoms with Crippen LogP contribution >= 0.6 is 0 Å². The predicted molar refractivity (Wildman–Crippen MR) is 104 cm³/mol. The van der Waals surface area contributed by atoms with Crippen molar-refractivity contribution in [2.24, 2.45) is 10.9 Å². The van der Waals surface area contributed by atoms with Gasteiger partial charge in [-0.2, -0.15) is 0 Å². The number of aliphatic hydroxyl groups excluding tert-OH is 1. The van der Waals surface area contributed by atoms with E-state index in [0.29, 0.717) is 12.5 Å². The van der Waals surface area contributed by atoms with Crippen LogP contribution in [-0.2, 0) is 9.47 Å². The molecule has 2 rings (SSSR count). The topological polar surface area (TPSA) is 66.3 Å². The molecule has 1 saturated heterocycles. The van der Waals surface area contributed by atoms with Gasteiger partial charge in [0.2, 0.25) is 0 Å². The molecule has 1 aromatic rings. The Morgan fingerprint density at radius 1 is 1.42 bits per heavy atom. The highest BCUT2D eigenvalue weighted by Gasteiger charge is 2.19. The third-order valence-corrected chi connectivity index (χ3v) is 4.51. The highest BCUT2D eigenvalue weighted by molar-refractivity contribution is 5.79. The van der Waals surface area contributed by atoms with E-state index in [0.717, 1.165) is 44.2 Å². The molecule has 0 aromatic heterocycles. The van der Waals surface area contributed by atoms with E-state index in [4.69, 9.17) is 9.47 Å². The normalized spacial score (nSPS) is 20.0. The van der Waals surface area contributed by atoms with E-state index < -0.39 is 6.10 Å². The number of benzene rings is 1. The largest absolute Gasteiger partial charge is 0.389 e. The maximum Gasteiger partial charge on any atom is 0.193 e. The first kappa shape index (κ1) is 20.7. The summed E-state index contributed by atoms with van der Waals surface area (Å²) in [4.78, 5) is 6.68. The summed E-state index contributed by atoms with van der Waals surface area (Å²) in [7, 11) is 2.03. The van der Waals surface area contributed by atoms with Crippen molar-refractivity contribution in [2.45, 2.75) is 32.5 Å². The summed E-state index contributed by atoms with van der Waals surface area (Å²) in [6.07, 6.45) is 0.420. The van der Waals surface area contributed by atoms with Crippen LogP contribution in [0.5, 0.6) is 0 Å². The molecule has 0 bridgehead atoms. The average molecular weight is 364 g/mol. The Morgan fingerprint density at radius 2 is 2.19 bits per heavy atom. The molecule has 0 radical (unpaired) electrons. The van der Waals surface area contributed by atoms with Crippen molar-refractivity contribution in [1.29, 1.82) is 0 Å². The van der Waals surface area contributed by atoms with Crippen molar-refractivity contribution in [3.05, 3.63) is 35.9 Å². The van der Waals surface area contributed by atoms with Gasteiger partial charge in [-0.15, -0.1) is 0 Å². The van der Waals surface area contributed by atoms with Gasteiger partial charge < -0.3 is 24.8 Å². The minimum atomic E-state index is -0.627. The first-order valence-electron chi connectivity index (χ1n) is 9.52. The van der Waals surface area contributed by atoms with E-state index in [1.165, 1.54) is 0 Å². The maximum atomic E-state index is 10.2. The fraction of sp³-hybridized carbons (Fsp3) is 0.650. The molecule has 2 N–H and O–H groups in total. The summed E-state index contributed by atoms with van der Waals surface area (Å²) in [5.74, 6) is 1.36. The summed E-state index contributed by atoms with van der Waals surface area (Å²) in [5, 5.41) is 13.5. The van der Waals surface area contributed by atoms with E-state index in [1.807, 2.05) is 51.2 Å². The van der Waals surface area contributed by atoms with Gasteiger partial charge in [0, 0.05) is 32.7 Å². The van der Waals surface area contributed by atoms with Crippen molar-refractivity contribution in [3.63, 3.8) is 0 Å². The van der Waals surface area contributed by atoms with Gasteiger partial charge in [0.05, 0.1) is 32.0 Å². The van der Waals surface area contributed by atoms with E-state index in [2.05, 4.69) is 15.2 Å². The number of ether oxygens (including phenoxy) is 2. The Balaban J connectivity index is 1.79. The summed E-state index contributed by atoms with van der Waals surface area (Å²) in [6, 6.07) is 10.0. The van der Waals surface area contributed by atoms with Crippen LogP contribution in [0.1, 0.15) is 31.9 Å². The molecule has 1 aliphatic heterocycles. The number of aliphatic hydroxyl groups is 1. The number of nitrogens with one attached hydrogen (secondary N) is 1. The van der Waals surface area contributed by atoms with Crippen LogP contribution < -0.4 is 5.32 Å². The highest BCUT2D eigenvalue weighted by atomic mass is 16.5. The lowest BCUT2D eigenvalue weighted by molar-refractivity contribution is 0.00105. The average Bonchev–Trinajstić information content (AvgIpc) is 3.16. The molecule has 1 fully saturated rings. The summed E-state index contributed by atoms with van der Waals surface area (Å²) in [5.41, 5.74) is 1.11. The maximum absolute atomic E-state index is 10.2. The lowest BCUT2D eigenvalue weighted by Gasteiger charge is -2.25. The smallest absolute Gasteiger partial charge is 0.193 e. The van der Waals surface area contributed by atoms with E-state index in [1.54, 1.807) is 0 Å². The van der Waals surface area contributed by atoms with E-state index in [-0.39, 0.29) is 12.7 Å². The molecule has 0 spiro atoms. The molecule has 1 aliphatic rings. The predicted octanol–water partition coefficient (Wildman–Crippen LogP) is 2.06. The molecule has 1 heterocycles. The van der Waals surface area contributed by atoms with Crippen LogP contribution in [0.2, 0.25) is 0 Å². The van der Waals surface area contributed by atoms with Gasteiger partial charge in [-0.3, -0.25) is 4.99 Å². The second-order valence-electron chi connectivity index (χ2n) is 6.84. The Labute approximate surface area is 157 Å². The van der Waals surface area contributed by atoms with Crippen molar-refractivity contribution in [2.75, 3.05) is 46.5 Å². The molecule has 0 saturated carbocycles. The minimum Gasteiger partial charge on any atom is -0.389 e. The van der Waals surface area contributed by atoms with Gasteiger partial charge in [0.15, 0.2) is 5.96 Å². The van der Waals surface area contributed by atoms with Crippen LogP contribution in [0.25, 0.3) is 0 Å². The summed E-state index contributed by atoms with van der Waals surface area (Å²) >= 11 is 0. The Morgan fingerprint density at radius 3 is 2.85 bits per heavy atom. The van der Waals surface area contributed by atoms with Gasteiger partial charge >= 0.3 is 0 Å². The van der Waals surface area contributed by atoms with Crippen molar-refractivity contribution in [3.8, 4) is 0 Å². The SMILES string of the molecule is CCNC(=NCC(O)COC(C)c1ccccc1)N(C)CC1CCOC1. The first-order chi connectivity index (χ1) is 12.6. The molecule has 1 aromatic carbocycles. The lowest BCUT2D eigenvalue weighted by Crippen LogP contribution is -2.42. The zero-order chi connectivity index (χ0) is 18.8. The first-order valence-corrected chi connectivity index (χ1v) is 9.52. The molecule has 0 aliphatic carbocycles. The van der Waals surface area contributed by atoms with Crippen molar-refractivity contribution in [1.82, 2.24) is 10.2 Å². The number of nitrogens with zero attached hydrogens (tertiary/aromatic N) is 2. The van der Waals surface area contributed by atoms with Gasteiger partial charge in [-0.25, -0.2) is 0 Å². The fourth-order valence-electron chi connectivity index (χ4n) is 2.99. The van der Waals surface area contributed by atoms with Gasteiger partial charge in [0.1, 0.15) is 0 Å². The Hall–Kier alpha value is -1.63. The van der Waals surface area contributed by atoms with Crippen molar-refractivity contribution < 1.29 is 14.6 Å². The third kappa shape index (κ3) is 6.94. The number of guanidine groups is 1. The van der Waals surface area contributed by atoms with Crippen LogP contribution in [0.4, 0.5) is 0 Å². The molecule has 3 atom stereocenters. The minimum absolute atomic E-state index is 0.0480. The molecule has 0 amide bonds. The highest BCUT2D eigenvalue weighted by Crippen LogP contribution is 2.16. The van der Waals surface area contributed by atoms with Crippen LogP contribution in [0.15, 0.2) is 35.3 Å². The number of aliphatic imine (C=N–C) groups is 1. The number of hydrogen-bond donors (Lipinski definition) is 2. The molecule has 6 nitrogen and oxygen atoms in total. The van der Waals surface area contributed by atoms with E-state index in [9.17, 15) is 5.11 Å². The summed E-state index contributed by atoms with van der Waals surface area (Å²) < 4.78 is 11.2. The molecular formula is C20H33N3O3. The van der Waals surface area contributed by atoms with Crippen molar-refractivity contribution >= 4 is 5.96 Å². The lowest BCUT2D eigenvalue weighted by atomic mass is 10.1. The molecule has 26 heavy (non-hydrogen) atoms. The zero-order valence-corrected chi connectivity index (χ0v) is 16.2. The monoisotopic (exact) mass is 363 g/mol. The van der Waals surface area contributed by atoms with Crippen LogP contribution in [0.3, 0.4) is 0 Å². The molecular weight excluding hydrogens is 330 g/mol. The quantitative estimate of drug-likeness (QED) is 0.519. The molecule has 146 valence electrons. The molecule has 3 unspecified atom stereocenters. The Bertz CT molecular complexity index is 532. The fourth-order valence-corrected chi connectivity index (χ4v) is 2.99.